The Hall–Kier alpha value is -2.54. The Labute approximate surface area is 112 Å². The molecular weight excluding hydrogens is 238 g/mol. The quantitative estimate of drug-likeness (QED) is 0.910. The summed E-state index contributed by atoms with van der Waals surface area (Å²) in [5.74, 6) is -0.0223. The summed E-state index contributed by atoms with van der Waals surface area (Å²) in [5.41, 5.74) is 2.44. The van der Waals surface area contributed by atoms with Crippen molar-refractivity contribution in [3.63, 3.8) is 0 Å². The minimum atomic E-state index is -0.0223. The lowest BCUT2D eigenvalue weighted by atomic mass is 10.2. The van der Waals surface area contributed by atoms with Crippen molar-refractivity contribution >= 4 is 11.6 Å². The van der Waals surface area contributed by atoms with Gasteiger partial charge in [-0.05, 0) is 42.8 Å². The summed E-state index contributed by atoms with van der Waals surface area (Å²) in [6.07, 6.45) is 3.12. The molecule has 4 nitrogen and oxygen atoms in total. The first-order chi connectivity index (χ1) is 9.19. The molecule has 0 aliphatic carbocycles. The Bertz CT molecular complexity index is 605. The number of nitriles is 1. The van der Waals surface area contributed by atoms with Crippen molar-refractivity contribution < 1.29 is 4.79 Å². The first kappa shape index (κ1) is 12.9. The fourth-order valence-electron chi connectivity index (χ4n) is 1.85. The normalized spacial score (nSPS) is 9.89. The van der Waals surface area contributed by atoms with Gasteiger partial charge in [0.15, 0.2) is 0 Å². The van der Waals surface area contributed by atoms with Gasteiger partial charge < -0.3 is 9.88 Å². The Morgan fingerprint density at radius 2 is 2.05 bits per heavy atom. The molecule has 0 radical (unpaired) electrons. The Morgan fingerprint density at radius 3 is 2.63 bits per heavy atom. The SMILES string of the molecule is Cn1cccc1CCC(=O)Nc1ccc(C#N)cc1. The van der Waals surface area contributed by atoms with E-state index in [1.54, 1.807) is 24.3 Å². The topological polar surface area (TPSA) is 57.8 Å². The third-order valence-electron chi connectivity index (χ3n) is 2.96. The van der Waals surface area contributed by atoms with Crippen molar-refractivity contribution in [1.29, 1.82) is 5.26 Å². The molecule has 0 aliphatic heterocycles. The van der Waals surface area contributed by atoms with Gasteiger partial charge in [-0.2, -0.15) is 5.26 Å². The van der Waals surface area contributed by atoms with Gasteiger partial charge in [-0.25, -0.2) is 0 Å². The van der Waals surface area contributed by atoms with E-state index in [0.29, 0.717) is 18.4 Å². The van der Waals surface area contributed by atoms with E-state index in [0.717, 1.165) is 11.4 Å². The molecule has 2 rings (SSSR count). The van der Waals surface area contributed by atoms with Gasteiger partial charge in [0, 0.05) is 31.0 Å². The number of nitrogens with one attached hydrogen (secondary N) is 1. The molecule has 1 amide bonds. The highest BCUT2D eigenvalue weighted by molar-refractivity contribution is 5.90. The highest BCUT2D eigenvalue weighted by atomic mass is 16.1. The van der Waals surface area contributed by atoms with Crippen LogP contribution in [0.25, 0.3) is 0 Å². The monoisotopic (exact) mass is 253 g/mol. The molecule has 96 valence electrons. The number of hydrogen-bond donors (Lipinski definition) is 1. The molecule has 1 heterocycles. The van der Waals surface area contributed by atoms with E-state index >= 15 is 0 Å². The summed E-state index contributed by atoms with van der Waals surface area (Å²) in [7, 11) is 1.97. The summed E-state index contributed by atoms with van der Waals surface area (Å²) < 4.78 is 2.01. The van der Waals surface area contributed by atoms with Crippen molar-refractivity contribution in [2.75, 3.05) is 5.32 Å². The largest absolute Gasteiger partial charge is 0.354 e. The van der Waals surface area contributed by atoms with Crippen LogP contribution in [-0.4, -0.2) is 10.5 Å². The summed E-state index contributed by atoms with van der Waals surface area (Å²) in [6, 6.07) is 12.9. The number of anilines is 1. The summed E-state index contributed by atoms with van der Waals surface area (Å²) in [6.45, 7) is 0. The average Bonchev–Trinajstić information content (AvgIpc) is 2.83. The summed E-state index contributed by atoms with van der Waals surface area (Å²) >= 11 is 0. The fourth-order valence-corrected chi connectivity index (χ4v) is 1.85. The van der Waals surface area contributed by atoms with Crippen LogP contribution in [0.15, 0.2) is 42.6 Å². The Kier molecular flexibility index (Phi) is 3.99. The van der Waals surface area contributed by atoms with Crippen LogP contribution < -0.4 is 5.32 Å². The number of rotatable bonds is 4. The molecule has 0 aliphatic rings. The van der Waals surface area contributed by atoms with Crippen LogP contribution in [0.3, 0.4) is 0 Å². The molecule has 0 bridgehead atoms. The molecule has 1 N–H and O–H groups in total. The maximum absolute atomic E-state index is 11.8. The van der Waals surface area contributed by atoms with Crippen molar-refractivity contribution in [1.82, 2.24) is 4.57 Å². The first-order valence-corrected chi connectivity index (χ1v) is 6.09. The molecular formula is C15H15N3O. The van der Waals surface area contributed by atoms with Crippen LogP contribution >= 0.6 is 0 Å². The van der Waals surface area contributed by atoms with Crippen LogP contribution in [0.2, 0.25) is 0 Å². The van der Waals surface area contributed by atoms with Crippen LogP contribution in [0.5, 0.6) is 0 Å². The number of carbonyl (C=O) groups is 1. The standard InChI is InChI=1S/C15H15N3O/c1-18-10-2-3-14(18)8-9-15(19)17-13-6-4-12(11-16)5-7-13/h2-7,10H,8-9H2,1H3,(H,17,19). The van der Waals surface area contributed by atoms with Gasteiger partial charge in [-0.3, -0.25) is 4.79 Å². The van der Waals surface area contributed by atoms with Crippen molar-refractivity contribution in [2.45, 2.75) is 12.8 Å². The van der Waals surface area contributed by atoms with Gasteiger partial charge >= 0.3 is 0 Å². The van der Waals surface area contributed by atoms with Crippen LogP contribution in [0, 0.1) is 11.3 Å². The molecule has 1 aromatic carbocycles. The van der Waals surface area contributed by atoms with Crippen LogP contribution in [0.4, 0.5) is 5.69 Å². The zero-order valence-electron chi connectivity index (χ0n) is 10.8. The molecule has 0 saturated heterocycles. The molecule has 0 unspecified atom stereocenters. The third kappa shape index (κ3) is 3.46. The molecule has 2 aromatic rings. The molecule has 0 atom stereocenters. The second kappa shape index (κ2) is 5.87. The maximum atomic E-state index is 11.8. The molecule has 0 saturated carbocycles. The third-order valence-corrected chi connectivity index (χ3v) is 2.96. The van der Waals surface area contributed by atoms with Gasteiger partial charge in [0.2, 0.25) is 5.91 Å². The number of hydrogen-bond acceptors (Lipinski definition) is 2. The predicted molar refractivity (Wildman–Crippen MR) is 73.5 cm³/mol. The molecule has 4 heteroatoms. The number of aromatic nitrogens is 1. The van der Waals surface area contributed by atoms with E-state index in [1.165, 1.54) is 0 Å². The smallest absolute Gasteiger partial charge is 0.224 e. The number of benzene rings is 1. The van der Waals surface area contributed by atoms with E-state index in [1.807, 2.05) is 36.0 Å². The van der Waals surface area contributed by atoms with E-state index < -0.39 is 0 Å². The minimum Gasteiger partial charge on any atom is -0.354 e. The molecule has 0 fully saturated rings. The average molecular weight is 253 g/mol. The zero-order valence-corrected chi connectivity index (χ0v) is 10.8. The van der Waals surface area contributed by atoms with E-state index in [-0.39, 0.29) is 5.91 Å². The summed E-state index contributed by atoms with van der Waals surface area (Å²) in [4.78, 5) is 11.8. The van der Waals surface area contributed by atoms with Crippen molar-refractivity contribution in [3.05, 3.63) is 53.9 Å². The maximum Gasteiger partial charge on any atom is 0.224 e. The van der Waals surface area contributed by atoms with E-state index in [9.17, 15) is 4.79 Å². The Morgan fingerprint density at radius 1 is 1.32 bits per heavy atom. The van der Waals surface area contributed by atoms with Gasteiger partial charge in [0.25, 0.3) is 0 Å². The first-order valence-electron chi connectivity index (χ1n) is 6.09. The van der Waals surface area contributed by atoms with E-state index in [4.69, 9.17) is 5.26 Å². The minimum absolute atomic E-state index is 0.0223. The summed E-state index contributed by atoms with van der Waals surface area (Å²) in [5, 5.41) is 11.5. The van der Waals surface area contributed by atoms with Crippen LogP contribution in [0.1, 0.15) is 17.7 Å². The van der Waals surface area contributed by atoms with E-state index in [2.05, 4.69) is 5.32 Å². The second-order valence-electron chi connectivity index (χ2n) is 4.35. The van der Waals surface area contributed by atoms with Crippen molar-refractivity contribution in [2.24, 2.45) is 7.05 Å². The molecule has 19 heavy (non-hydrogen) atoms. The fraction of sp³-hybridized carbons (Fsp3) is 0.200. The highest BCUT2D eigenvalue weighted by Crippen LogP contribution is 2.10. The Balaban J connectivity index is 1.87. The zero-order chi connectivity index (χ0) is 13.7. The van der Waals surface area contributed by atoms with Gasteiger partial charge in [0.05, 0.1) is 11.6 Å². The lowest BCUT2D eigenvalue weighted by Gasteiger charge is -2.06. The number of aryl methyl sites for hydroxylation is 2. The lowest BCUT2D eigenvalue weighted by Crippen LogP contribution is -2.13. The predicted octanol–water partition coefficient (Wildman–Crippen LogP) is 2.47. The van der Waals surface area contributed by atoms with Crippen molar-refractivity contribution in [3.8, 4) is 6.07 Å². The molecule has 1 aromatic heterocycles. The number of amides is 1. The van der Waals surface area contributed by atoms with Gasteiger partial charge in [-0.15, -0.1) is 0 Å². The lowest BCUT2D eigenvalue weighted by molar-refractivity contribution is -0.116. The van der Waals surface area contributed by atoms with Gasteiger partial charge in [0.1, 0.15) is 0 Å². The highest BCUT2D eigenvalue weighted by Gasteiger charge is 2.04. The van der Waals surface area contributed by atoms with Crippen LogP contribution in [-0.2, 0) is 18.3 Å². The number of carbonyl (C=O) groups excluding carboxylic acids is 1. The second-order valence-corrected chi connectivity index (χ2v) is 4.35. The number of nitrogens with zero attached hydrogens (tertiary/aromatic N) is 2. The van der Waals surface area contributed by atoms with Gasteiger partial charge in [-0.1, -0.05) is 0 Å². The molecule has 0 spiro atoms.